The molecule has 0 heterocycles. The topological polar surface area (TPSA) is 27.1 Å². The Morgan fingerprint density at radius 1 is 0.737 bits per heavy atom. The highest BCUT2D eigenvalue weighted by molar-refractivity contribution is 6.42. The smallest absolute Gasteiger partial charge is 0.0909 e. The predicted octanol–water partition coefficient (Wildman–Crippen LogP) is 6.05. The van der Waals surface area contributed by atoms with Crippen LogP contribution in [0.4, 0.5) is 11.4 Å². The lowest BCUT2D eigenvalue weighted by Gasteiger charge is -2.23. The highest BCUT2D eigenvalue weighted by Gasteiger charge is 2.19. The van der Waals surface area contributed by atoms with Crippen molar-refractivity contribution in [2.75, 3.05) is 4.90 Å². The maximum atomic E-state index is 7.59. The number of nitrogens with one attached hydrogen (secondary N) is 1. The number of halogens is 4. The van der Waals surface area contributed by atoms with E-state index in [0.29, 0.717) is 31.5 Å². The Labute approximate surface area is 131 Å². The van der Waals surface area contributed by atoms with Crippen molar-refractivity contribution in [3.8, 4) is 0 Å². The van der Waals surface area contributed by atoms with Crippen LogP contribution in [-0.2, 0) is 0 Å². The third-order valence-corrected chi connectivity index (χ3v) is 3.71. The highest BCUT2D eigenvalue weighted by Crippen LogP contribution is 2.42. The Morgan fingerprint density at radius 2 is 1.05 bits per heavy atom. The summed E-state index contributed by atoms with van der Waals surface area (Å²) < 4.78 is 0. The van der Waals surface area contributed by atoms with Gasteiger partial charge in [-0.3, -0.25) is 10.3 Å². The molecule has 2 nitrogen and oxygen atoms in total. The first-order valence-corrected chi connectivity index (χ1v) is 6.75. The summed E-state index contributed by atoms with van der Waals surface area (Å²) >= 11 is 24.6. The zero-order valence-corrected chi connectivity index (χ0v) is 12.5. The lowest BCUT2D eigenvalue weighted by Crippen LogP contribution is -2.15. The van der Waals surface area contributed by atoms with Crippen molar-refractivity contribution in [3.05, 3.63) is 56.5 Å². The average Bonchev–Trinajstić information content (AvgIpc) is 2.36. The van der Waals surface area contributed by atoms with Gasteiger partial charge in [-0.25, -0.2) is 0 Å². The largest absolute Gasteiger partial charge is 0.296 e. The van der Waals surface area contributed by atoms with E-state index in [1.807, 2.05) is 0 Å². The van der Waals surface area contributed by atoms with Crippen molar-refractivity contribution >= 4 is 64.1 Å². The van der Waals surface area contributed by atoms with Crippen LogP contribution in [0.1, 0.15) is 0 Å². The maximum absolute atomic E-state index is 7.59. The third kappa shape index (κ3) is 2.82. The van der Waals surface area contributed by atoms with Crippen LogP contribution >= 0.6 is 46.4 Å². The molecule has 6 heteroatoms. The molecule has 98 valence electrons. The van der Waals surface area contributed by atoms with Crippen molar-refractivity contribution < 1.29 is 0 Å². The SMILES string of the molecule is N=CN(c1c(Cl)cccc1Cl)c1c(Cl)cccc1Cl. The zero-order valence-electron chi connectivity index (χ0n) is 9.50. The summed E-state index contributed by atoms with van der Waals surface area (Å²) in [6.07, 6.45) is 1.07. The molecule has 0 aliphatic rings. The fourth-order valence-electron chi connectivity index (χ4n) is 1.68. The predicted molar refractivity (Wildman–Crippen MR) is 83.8 cm³/mol. The van der Waals surface area contributed by atoms with Crippen LogP contribution in [0.5, 0.6) is 0 Å². The van der Waals surface area contributed by atoms with Gasteiger partial charge in [0.1, 0.15) is 0 Å². The minimum atomic E-state index is 0.409. The van der Waals surface area contributed by atoms with E-state index < -0.39 is 0 Å². The molecule has 0 saturated heterocycles. The molecular weight excluding hydrogens is 326 g/mol. The monoisotopic (exact) mass is 332 g/mol. The standard InChI is InChI=1S/C13H8Cl4N2/c14-8-3-1-4-9(15)12(8)19(7-18)13-10(16)5-2-6-11(13)17/h1-7,18H. The molecule has 2 aromatic carbocycles. The second kappa shape index (κ2) is 6.02. The number of hydrogen-bond acceptors (Lipinski definition) is 1. The first-order chi connectivity index (χ1) is 9.06. The van der Waals surface area contributed by atoms with Crippen molar-refractivity contribution in [1.29, 1.82) is 5.41 Å². The molecule has 2 rings (SSSR count). The van der Waals surface area contributed by atoms with Crippen LogP contribution in [0.2, 0.25) is 20.1 Å². The molecule has 0 aliphatic carbocycles. The van der Waals surface area contributed by atoms with Crippen molar-refractivity contribution in [2.45, 2.75) is 0 Å². The fraction of sp³-hybridized carbons (Fsp3) is 0. The molecule has 0 unspecified atom stereocenters. The molecule has 0 fully saturated rings. The van der Waals surface area contributed by atoms with E-state index in [-0.39, 0.29) is 0 Å². The van der Waals surface area contributed by atoms with Crippen molar-refractivity contribution in [1.82, 2.24) is 0 Å². The molecule has 0 saturated carbocycles. The quantitative estimate of drug-likeness (QED) is 0.537. The van der Waals surface area contributed by atoms with Crippen LogP contribution in [0.3, 0.4) is 0 Å². The molecule has 0 aromatic heterocycles. The Hall–Kier alpha value is -0.930. The van der Waals surface area contributed by atoms with Crippen LogP contribution in [0, 0.1) is 5.41 Å². The average molecular weight is 334 g/mol. The van der Waals surface area contributed by atoms with Crippen LogP contribution in [0.15, 0.2) is 36.4 Å². The lowest BCUT2D eigenvalue weighted by atomic mass is 10.2. The summed E-state index contributed by atoms with van der Waals surface area (Å²) in [6, 6.07) is 10.2. The molecule has 0 bridgehead atoms. The summed E-state index contributed by atoms with van der Waals surface area (Å²) in [4.78, 5) is 1.45. The summed E-state index contributed by atoms with van der Waals surface area (Å²) in [7, 11) is 0. The van der Waals surface area contributed by atoms with Gasteiger partial charge in [0.2, 0.25) is 0 Å². The Bertz CT molecular complexity index is 536. The normalized spacial score (nSPS) is 10.3. The zero-order chi connectivity index (χ0) is 14.0. The van der Waals surface area contributed by atoms with E-state index in [4.69, 9.17) is 51.8 Å². The van der Waals surface area contributed by atoms with Crippen LogP contribution in [-0.4, -0.2) is 6.34 Å². The van der Waals surface area contributed by atoms with Gasteiger partial charge in [-0.2, -0.15) is 0 Å². The van der Waals surface area contributed by atoms with E-state index >= 15 is 0 Å². The molecule has 1 N–H and O–H groups in total. The summed E-state index contributed by atoms with van der Waals surface area (Å²) in [5, 5.41) is 9.22. The maximum Gasteiger partial charge on any atom is 0.0909 e. The van der Waals surface area contributed by atoms with Gasteiger partial charge in [0.05, 0.1) is 37.8 Å². The Balaban J connectivity index is 2.67. The van der Waals surface area contributed by atoms with Gasteiger partial charge < -0.3 is 0 Å². The van der Waals surface area contributed by atoms with Gasteiger partial charge >= 0.3 is 0 Å². The summed E-state index contributed by atoms with van der Waals surface area (Å²) in [5.41, 5.74) is 0.937. The van der Waals surface area contributed by atoms with Gasteiger partial charge in [-0.1, -0.05) is 58.5 Å². The molecule has 2 aromatic rings. The van der Waals surface area contributed by atoms with Crippen LogP contribution < -0.4 is 4.90 Å². The van der Waals surface area contributed by atoms with Crippen molar-refractivity contribution in [3.63, 3.8) is 0 Å². The number of hydrogen-bond donors (Lipinski definition) is 1. The molecule has 0 amide bonds. The van der Waals surface area contributed by atoms with Gasteiger partial charge in [-0.05, 0) is 24.3 Å². The van der Waals surface area contributed by atoms with E-state index in [1.165, 1.54) is 4.90 Å². The summed E-state index contributed by atoms with van der Waals surface area (Å²) in [5.74, 6) is 0. The minimum absolute atomic E-state index is 0.409. The molecule has 0 atom stereocenters. The molecule has 19 heavy (non-hydrogen) atoms. The second-order valence-electron chi connectivity index (χ2n) is 3.64. The number of benzene rings is 2. The van der Waals surface area contributed by atoms with Crippen molar-refractivity contribution in [2.24, 2.45) is 0 Å². The van der Waals surface area contributed by atoms with Gasteiger partial charge in [0.15, 0.2) is 0 Å². The third-order valence-electron chi connectivity index (χ3n) is 2.49. The van der Waals surface area contributed by atoms with E-state index in [2.05, 4.69) is 0 Å². The van der Waals surface area contributed by atoms with Gasteiger partial charge in [-0.15, -0.1) is 0 Å². The number of rotatable bonds is 3. The molecular formula is C13H8Cl4N2. The molecule has 0 aliphatic heterocycles. The number of nitrogens with zero attached hydrogens (tertiary/aromatic N) is 1. The van der Waals surface area contributed by atoms with E-state index in [1.54, 1.807) is 36.4 Å². The van der Waals surface area contributed by atoms with E-state index in [0.717, 1.165) is 6.34 Å². The highest BCUT2D eigenvalue weighted by atomic mass is 35.5. The van der Waals surface area contributed by atoms with Crippen LogP contribution in [0.25, 0.3) is 0 Å². The number of anilines is 2. The Morgan fingerprint density at radius 3 is 1.32 bits per heavy atom. The lowest BCUT2D eigenvalue weighted by molar-refractivity contribution is 1.34. The van der Waals surface area contributed by atoms with E-state index in [9.17, 15) is 0 Å². The first-order valence-electron chi connectivity index (χ1n) is 5.24. The first kappa shape index (κ1) is 14.5. The summed E-state index contributed by atoms with van der Waals surface area (Å²) in [6.45, 7) is 0. The minimum Gasteiger partial charge on any atom is -0.296 e. The Kier molecular flexibility index (Phi) is 4.58. The molecule has 0 spiro atoms. The number of para-hydroxylation sites is 2. The fourth-order valence-corrected chi connectivity index (χ4v) is 2.84. The van der Waals surface area contributed by atoms with Gasteiger partial charge in [0.25, 0.3) is 0 Å². The van der Waals surface area contributed by atoms with Gasteiger partial charge in [0, 0.05) is 0 Å². The molecule has 0 radical (unpaired) electrons. The second-order valence-corrected chi connectivity index (χ2v) is 5.27.